The predicted octanol–water partition coefficient (Wildman–Crippen LogP) is 2.57. The Morgan fingerprint density at radius 3 is 2.38 bits per heavy atom. The highest BCUT2D eigenvalue weighted by molar-refractivity contribution is 7.93. The Bertz CT molecular complexity index is 391. The topological polar surface area (TPSA) is 29.4 Å². The van der Waals surface area contributed by atoms with Crippen LogP contribution in [0.4, 0.5) is 10.1 Å². The average Bonchev–Trinajstić information content (AvgIpc) is 2.09. The van der Waals surface area contributed by atoms with Gasteiger partial charge in [-0.05, 0) is 24.3 Å². The van der Waals surface area contributed by atoms with E-state index < -0.39 is 9.73 Å². The highest BCUT2D eigenvalue weighted by Gasteiger charge is 1.97. The largest absolute Gasteiger partial charge is 0.250 e. The Hall–Kier alpha value is -0.900. The second-order valence-corrected chi connectivity index (χ2v) is 5.49. The Labute approximate surface area is 78.0 Å². The van der Waals surface area contributed by atoms with E-state index in [1.165, 1.54) is 24.3 Å². The van der Waals surface area contributed by atoms with Gasteiger partial charge in [0.15, 0.2) is 0 Å². The van der Waals surface area contributed by atoms with Crippen LogP contribution in [0.1, 0.15) is 6.92 Å². The fraction of sp³-hybridized carbons (Fsp3) is 0.333. The van der Waals surface area contributed by atoms with Gasteiger partial charge in [0.05, 0.1) is 5.69 Å². The second kappa shape index (κ2) is 3.87. The molecule has 0 saturated heterocycles. The summed E-state index contributed by atoms with van der Waals surface area (Å²) in [5, 5.41) is 0. The fourth-order valence-corrected chi connectivity index (χ4v) is 1.49. The van der Waals surface area contributed by atoms with Crippen molar-refractivity contribution in [3.05, 3.63) is 30.1 Å². The summed E-state index contributed by atoms with van der Waals surface area (Å²) in [7, 11) is -2.13. The van der Waals surface area contributed by atoms with Crippen molar-refractivity contribution < 1.29 is 8.60 Å². The molecule has 0 aliphatic heterocycles. The molecule has 0 amide bonds. The summed E-state index contributed by atoms with van der Waals surface area (Å²) < 4.78 is 28.0. The highest BCUT2D eigenvalue weighted by Crippen LogP contribution is 2.14. The normalized spacial score (nSPS) is 15.0. The summed E-state index contributed by atoms with van der Waals surface area (Å²) >= 11 is 0. The molecule has 0 N–H and O–H groups in total. The summed E-state index contributed by atoms with van der Waals surface area (Å²) in [4.78, 5) is 0. The van der Waals surface area contributed by atoms with Crippen LogP contribution in [0.25, 0.3) is 0 Å². The third kappa shape index (κ3) is 3.14. The number of halogens is 1. The van der Waals surface area contributed by atoms with Crippen molar-refractivity contribution in [1.82, 2.24) is 0 Å². The fourth-order valence-electron chi connectivity index (χ4n) is 0.789. The number of nitrogens with zero attached hydrogens (tertiary/aromatic N) is 1. The van der Waals surface area contributed by atoms with Crippen LogP contribution in [-0.4, -0.2) is 16.2 Å². The molecule has 0 spiro atoms. The first-order chi connectivity index (χ1) is 6.03. The second-order valence-electron chi connectivity index (χ2n) is 2.82. The molecule has 1 aromatic rings. The zero-order chi connectivity index (χ0) is 9.90. The Kier molecular flexibility index (Phi) is 3.03. The number of benzene rings is 1. The van der Waals surface area contributed by atoms with Crippen LogP contribution < -0.4 is 0 Å². The van der Waals surface area contributed by atoms with Crippen molar-refractivity contribution in [2.75, 3.05) is 12.0 Å². The van der Waals surface area contributed by atoms with Crippen molar-refractivity contribution in [2.24, 2.45) is 4.36 Å². The quantitative estimate of drug-likeness (QED) is 0.723. The van der Waals surface area contributed by atoms with E-state index in [1.807, 2.05) is 6.92 Å². The molecule has 72 valence electrons. The minimum absolute atomic E-state index is 0.307. The van der Waals surface area contributed by atoms with Crippen molar-refractivity contribution >= 4 is 15.4 Å². The van der Waals surface area contributed by atoms with Gasteiger partial charge in [0.1, 0.15) is 5.82 Å². The van der Waals surface area contributed by atoms with Gasteiger partial charge in [-0.15, -0.1) is 0 Å². The molecule has 13 heavy (non-hydrogen) atoms. The van der Waals surface area contributed by atoms with E-state index in [4.69, 9.17) is 0 Å². The lowest BCUT2D eigenvalue weighted by Gasteiger charge is -1.99. The standard InChI is InChI=1S/C9H12FNOS/c1-3-13(2,12)11-9-6-4-8(10)5-7-9/h4-7H,3H2,1-2H3/t13-/m1/s1. The minimum atomic E-state index is -2.13. The molecule has 4 heteroatoms. The van der Waals surface area contributed by atoms with E-state index in [2.05, 4.69) is 4.36 Å². The van der Waals surface area contributed by atoms with Crippen LogP contribution in [0.2, 0.25) is 0 Å². The van der Waals surface area contributed by atoms with Gasteiger partial charge in [0.2, 0.25) is 0 Å². The van der Waals surface area contributed by atoms with Crippen molar-refractivity contribution in [3.8, 4) is 0 Å². The van der Waals surface area contributed by atoms with Gasteiger partial charge >= 0.3 is 0 Å². The summed E-state index contributed by atoms with van der Waals surface area (Å²) in [5.74, 6) is 0.197. The molecule has 1 aromatic carbocycles. The van der Waals surface area contributed by atoms with Gasteiger partial charge in [-0.25, -0.2) is 8.60 Å². The van der Waals surface area contributed by atoms with E-state index in [9.17, 15) is 8.60 Å². The first kappa shape index (κ1) is 10.2. The molecule has 0 aliphatic rings. The van der Waals surface area contributed by atoms with Crippen LogP contribution >= 0.6 is 0 Å². The van der Waals surface area contributed by atoms with Gasteiger partial charge < -0.3 is 0 Å². The maximum atomic E-state index is 12.5. The highest BCUT2D eigenvalue weighted by atomic mass is 32.2. The molecule has 0 unspecified atom stereocenters. The molecule has 1 atom stereocenters. The lowest BCUT2D eigenvalue weighted by Crippen LogP contribution is -1.97. The lowest BCUT2D eigenvalue weighted by molar-refractivity contribution is 0.628. The molecular weight excluding hydrogens is 189 g/mol. The predicted molar refractivity (Wildman–Crippen MR) is 53.1 cm³/mol. The molecule has 0 radical (unpaired) electrons. The summed E-state index contributed by atoms with van der Waals surface area (Å²) in [6.07, 6.45) is 1.59. The smallest absolute Gasteiger partial charge is 0.123 e. The summed E-state index contributed by atoms with van der Waals surface area (Å²) in [5.41, 5.74) is 0.566. The molecule has 2 nitrogen and oxygen atoms in total. The van der Waals surface area contributed by atoms with E-state index in [1.54, 1.807) is 6.26 Å². The van der Waals surface area contributed by atoms with Crippen LogP contribution in [0, 0.1) is 5.82 Å². The zero-order valence-corrected chi connectivity index (χ0v) is 8.47. The first-order valence-electron chi connectivity index (χ1n) is 3.99. The van der Waals surface area contributed by atoms with Crippen LogP contribution in [0.3, 0.4) is 0 Å². The minimum Gasteiger partial charge on any atom is -0.250 e. The van der Waals surface area contributed by atoms with Crippen molar-refractivity contribution in [3.63, 3.8) is 0 Å². The monoisotopic (exact) mass is 201 g/mol. The number of rotatable bonds is 2. The maximum Gasteiger partial charge on any atom is 0.123 e. The zero-order valence-electron chi connectivity index (χ0n) is 7.66. The summed E-state index contributed by atoms with van der Waals surface area (Å²) in [6, 6.07) is 5.66. The Morgan fingerprint density at radius 2 is 1.92 bits per heavy atom. The molecule has 0 aromatic heterocycles. The molecule has 0 heterocycles. The molecule has 0 bridgehead atoms. The van der Waals surface area contributed by atoms with Gasteiger partial charge in [0, 0.05) is 21.7 Å². The number of hydrogen-bond acceptors (Lipinski definition) is 2. The van der Waals surface area contributed by atoms with Crippen molar-refractivity contribution in [1.29, 1.82) is 0 Å². The number of hydrogen-bond donors (Lipinski definition) is 0. The van der Waals surface area contributed by atoms with Crippen LogP contribution in [-0.2, 0) is 9.73 Å². The van der Waals surface area contributed by atoms with Gasteiger partial charge in [-0.3, -0.25) is 0 Å². The first-order valence-corrected chi connectivity index (χ1v) is 6.08. The van der Waals surface area contributed by atoms with Crippen LogP contribution in [0.5, 0.6) is 0 Å². The summed E-state index contributed by atoms with van der Waals surface area (Å²) in [6.45, 7) is 1.81. The third-order valence-corrected chi connectivity index (χ3v) is 3.33. The SMILES string of the molecule is CC[S@@](C)(=O)=Nc1ccc(F)cc1. The molecule has 0 fully saturated rings. The lowest BCUT2D eigenvalue weighted by atomic mass is 10.3. The molecule has 0 aliphatic carbocycles. The van der Waals surface area contributed by atoms with E-state index in [0.717, 1.165) is 0 Å². The Balaban J connectivity index is 3.06. The molecular formula is C9H12FNOS. The van der Waals surface area contributed by atoms with Crippen molar-refractivity contribution in [2.45, 2.75) is 6.92 Å². The van der Waals surface area contributed by atoms with E-state index in [-0.39, 0.29) is 5.82 Å². The van der Waals surface area contributed by atoms with Crippen LogP contribution in [0.15, 0.2) is 28.6 Å². The van der Waals surface area contributed by atoms with Gasteiger partial charge in [-0.2, -0.15) is 4.36 Å². The third-order valence-electron chi connectivity index (χ3n) is 1.66. The average molecular weight is 201 g/mol. The van der Waals surface area contributed by atoms with E-state index in [0.29, 0.717) is 11.4 Å². The Morgan fingerprint density at radius 1 is 1.38 bits per heavy atom. The van der Waals surface area contributed by atoms with E-state index >= 15 is 0 Å². The van der Waals surface area contributed by atoms with Gasteiger partial charge in [-0.1, -0.05) is 6.92 Å². The van der Waals surface area contributed by atoms with Gasteiger partial charge in [0.25, 0.3) is 0 Å². The molecule has 1 rings (SSSR count). The molecule has 0 saturated carbocycles. The maximum absolute atomic E-state index is 12.5.